The van der Waals surface area contributed by atoms with Gasteiger partial charge in [0.05, 0.1) is 5.56 Å². The van der Waals surface area contributed by atoms with Crippen LogP contribution in [-0.2, 0) is 13.0 Å². The Morgan fingerprint density at radius 3 is 2.68 bits per heavy atom. The summed E-state index contributed by atoms with van der Waals surface area (Å²) in [6.45, 7) is 4.25. The topological polar surface area (TPSA) is 63.9 Å². The van der Waals surface area contributed by atoms with E-state index in [4.69, 9.17) is 0 Å². The van der Waals surface area contributed by atoms with Gasteiger partial charge in [0.1, 0.15) is 11.6 Å². The minimum absolute atomic E-state index is 0.00789. The third kappa shape index (κ3) is 3.96. The number of carbonyl (C=O) groups is 1. The van der Waals surface area contributed by atoms with E-state index in [1.807, 2.05) is 30.3 Å². The summed E-state index contributed by atoms with van der Waals surface area (Å²) in [7, 11) is 0. The quantitative estimate of drug-likeness (QED) is 0.686. The van der Waals surface area contributed by atoms with Gasteiger partial charge in [0.15, 0.2) is 0 Å². The Morgan fingerprint density at radius 2 is 1.93 bits per heavy atom. The number of benzene rings is 1. The number of imidazole rings is 1. The van der Waals surface area contributed by atoms with Gasteiger partial charge in [0, 0.05) is 56.8 Å². The Kier molecular flexibility index (Phi) is 5.46. The number of aryl methyl sites for hydroxylation is 1. The van der Waals surface area contributed by atoms with Crippen molar-refractivity contribution in [3.63, 3.8) is 0 Å². The summed E-state index contributed by atoms with van der Waals surface area (Å²) in [5.74, 6) is 2.07. The predicted molar refractivity (Wildman–Crippen MR) is 107 cm³/mol. The molecule has 2 aromatic heterocycles. The molecule has 0 aliphatic carbocycles. The first-order valence-corrected chi connectivity index (χ1v) is 9.89. The van der Waals surface area contributed by atoms with Crippen molar-refractivity contribution in [2.24, 2.45) is 0 Å². The fourth-order valence-electron chi connectivity index (χ4n) is 3.80. The predicted octanol–water partition coefficient (Wildman–Crippen LogP) is 3.30. The van der Waals surface area contributed by atoms with Crippen LogP contribution in [0.5, 0.6) is 0 Å². The van der Waals surface area contributed by atoms with E-state index in [0.29, 0.717) is 12.1 Å². The third-order valence-electron chi connectivity index (χ3n) is 5.29. The van der Waals surface area contributed by atoms with Gasteiger partial charge in [0.2, 0.25) is 0 Å². The van der Waals surface area contributed by atoms with E-state index in [0.717, 1.165) is 44.0 Å². The van der Waals surface area contributed by atoms with Crippen LogP contribution in [0.3, 0.4) is 0 Å². The SMILES string of the molecule is CCc1ncc(C(=O)N2CCC[C@H](c3nccn3Cc3ccccc3)C2)cn1. The van der Waals surface area contributed by atoms with Gasteiger partial charge in [-0.3, -0.25) is 4.79 Å². The molecule has 1 saturated heterocycles. The molecular weight excluding hydrogens is 350 g/mol. The maximum atomic E-state index is 12.9. The molecule has 0 saturated carbocycles. The number of rotatable bonds is 5. The fourth-order valence-corrected chi connectivity index (χ4v) is 3.80. The van der Waals surface area contributed by atoms with Crippen LogP contribution in [0.2, 0.25) is 0 Å². The van der Waals surface area contributed by atoms with E-state index in [-0.39, 0.29) is 11.8 Å². The number of piperidine rings is 1. The highest BCUT2D eigenvalue weighted by Gasteiger charge is 2.28. The van der Waals surface area contributed by atoms with Crippen molar-refractivity contribution >= 4 is 5.91 Å². The summed E-state index contributed by atoms with van der Waals surface area (Å²) in [6, 6.07) is 10.4. The molecule has 1 aromatic carbocycles. The van der Waals surface area contributed by atoms with Gasteiger partial charge in [-0.05, 0) is 18.4 Å². The maximum absolute atomic E-state index is 12.9. The van der Waals surface area contributed by atoms with Gasteiger partial charge in [-0.15, -0.1) is 0 Å². The highest BCUT2D eigenvalue weighted by Crippen LogP contribution is 2.27. The number of likely N-dealkylation sites (tertiary alicyclic amines) is 1. The maximum Gasteiger partial charge on any atom is 0.257 e. The zero-order valence-corrected chi connectivity index (χ0v) is 16.2. The minimum atomic E-state index is 0.00789. The Balaban J connectivity index is 1.48. The average Bonchev–Trinajstić information content (AvgIpc) is 3.22. The Bertz CT molecular complexity index is 920. The van der Waals surface area contributed by atoms with Crippen LogP contribution < -0.4 is 0 Å². The molecule has 1 amide bonds. The van der Waals surface area contributed by atoms with Crippen molar-refractivity contribution in [3.05, 3.63) is 77.9 Å². The molecule has 4 rings (SSSR count). The summed E-state index contributed by atoms with van der Waals surface area (Å²) in [4.78, 5) is 28.0. The lowest BCUT2D eigenvalue weighted by Crippen LogP contribution is -2.40. The van der Waals surface area contributed by atoms with Crippen LogP contribution in [-0.4, -0.2) is 43.4 Å². The average molecular weight is 375 g/mol. The summed E-state index contributed by atoms with van der Waals surface area (Å²) >= 11 is 0. The van der Waals surface area contributed by atoms with Crippen LogP contribution >= 0.6 is 0 Å². The number of hydrogen-bond donors (Lipinski definition) is 0. The van der Waals surface area contributed by atoms with E-state index < -0.39 is 0 Å². The van der Waals surface area contributed by atoms with Crippen molar-refractivity contribution in [2.45, 2.75) is 38.6 Å². The zero-order chi connectivity index (χ0) is 19.3. The van der Waals surface area contributed by atoms with Gasteiger partial charge in [0.25, 0.3) is 5.91 Å². The van der Waals surface area contributed by atoms with Gasteiger partial charge in [-0.2, -0.15) is 0 Å². The van der Waals surface area contributed by atoms with Gasteiger partial charge in [-0.1, -0.05) is 37.3 Å². The lowest BCUT2D eigenvalue weighted by Gasteiger charge is -2.32. The molecule has 0 unspecified atom stereocenters. The summed E-state index contributed by atoms with van der Waals surface area (Å²) in [6.07, 6.45) is 9.96. The molecule has 3 aromatic rings. The van der Waals surface area contributed by atoms with Gasteiger partial charge < -0.3 is 9.47 Å². The molecule has 6 heteroatoms. The molecule has 0 spiro atoms. The van der Waals surface area contributed by atoms with Crippen molar-refractivity contribution in [1.82, 2.24) is 24.4 Å². The van der Waals surface area contributed by atoms with Crippen LogP contribution in [0.4, 0.5) is 0 Å². The second-order valence-corrected chi connectivity index (χ2v) is 7.23. The largest absolute Gasteiger partial charge is 0.338 e. The van der Waals surface area contributed by atoms with E-state index in [1.165, 1.54) is 5.56 Å². The first kappa shape index (κ1) is 18.3. The first-order chi connectivity index (χ1) is 13.7. The molecule has 28 heavy (non-hydrogen) atoms. The number of amides is 1. The highest BCUT2D eigenvalue weighted by molar-refractivity contribution is 5.93. The smallest absolute Gasteiger partial charge is 0.257 e. The number of carbonyl (C=O) groups excluding carboxylic acids is 1. The molecule has 1 fully saturated rings. The fraction of sp³-hybridized carbons (Fsp3) is 0.364. The van der Waals surface area contributed by atoms with Gasteiger partial charge in [-0.25, -0.2) is 15.0 Å². The Labute approximate surface area is 165 Å². The molecule has 3 heterocycles. The molecule has 0 bridgehead atoms. The van der Waals surface area contributed by atoms with Crippen LogP contribution in [0, 0.1) is 0 Å². The van der Waals surface area contributed by atoms with E-state index in [9.17, 15) is 4.79 Å². The minimum Gasteiger partial charge on any atom is -0.338 e. The Hall–Kier alpha value is -3.02. The summed E-state index contributed by atoms with van der Waals surface area (Å²) in [5.41, 5.74) is 1.81. The normalized spacial score (nSPS) is 16.9. The zero-order valence-electron chi connectivity index (χ0n) is 16.2. The van der Waals surface area contributed by atoms with Gasteiger partial charge >= 0.3 is 0 Å². The molecule has 6 nitrogen and oxygen atoms in total. The second kappa shape index (κ2) is 8.33. The third-order valence-corrected chi connectivity index (χ3v) is 5.29. The monoisotopic (exact) mass is 375 g/mol. The number of hydrogen-bond acceptors (Lipinski definition) is 4. The second-order valence-electron chi connectivity index (χ2n) is 7.23. The molecular formula is C22H25N5O. The molecule has 1 aliphatic rings. The molecule has 1 atom stereocenters. The summed E-state index contributed by atoms with van der Waals surface area (Å²) in [5, 5.41) is 0. The van der Waals surface area contributed by atoms with Crippen LogP contribution in [0.1, 0.15) is 53.3 Å². The van der Waals surface area contributed by atoms with Crippen molar-refractivity contribution in [1.29, 1.82) is 0 Å². The van der Waals surface area contributed by atoms with E-state index in [1.54, 1.807) is 12.4 Å². The lowest BCUT2D eigenvalue weighted by molar-refractivity contribution is 0.0702. The Morgan fingerprint density at radius 1 is 1.14 bits per heavy atom. The number of nitrogens with zero attached hydrogens (tertiary/aromatic N) is 5. The molecule has 144 valence electrons. The standard InChI is InChI=1S/C22H25N5O/c1-2-20-24-13-19(14-25-20)22(28)27-11-6-9-18(16-27)21-23-10-12-26(21)15-17-7-4-3-5-8-17/h3-5,7-8,10,12-14,18H,2,6,9,11,15-16H2,1H3/t18-/m0/s1. The number of aromatic nitrogens is 4. The van der Waals surface area contributed by atoms with E-state index >= 15 is 0 Å². The van der Waals surface area contributed by atoms with Crippen molar-refractivity contribution < 1.29 is 4.79 Å². The highest BCUT2D eigenvalue weighted by atomic mass is 16.2. The van der Waals surface area contributed by atoms with E-state index in [2.05, 4.69) is 43.8 Å². The van der Waals surface area contributed by atoms with Crippen LogP contribution in [0.15, 0.2) is 55.1 Å². The van der Waals surface area contributed by atoms with Crippen molar-refractivity contribution in [3.8, 4) is 0 Å². The first-order valence-electron chi connectivity index (χ1n) is 9.89. The molecule has 1 aliphatic heterocycles. The molecule has 0 radical (unpaired) electrons. The summed E-state index contributed by atoms with van der Waals surface area (Å²) < 4.78 is 2.20. The molecule has 0 N–H and O–H groups in total. The van der Waals surface area contributed by atoms with Crippen LogP contribution in [0.25, 0.3) is 0 Å². The lowest BCUT2D eigenvalue weighted by atomic mass is 9.96. The van der Waals surface area contributed by atoms with Crippen molar-refractivity contribution in [2.75, 3.05) is 13.1 Å².